The van der Waals surface area contributed by atoms with Crippen molar-refractivity contribution in [1.82, 2.24) is 9.97 Å². The number of alkyl halides is 2. The van der Waals surface area contributed by atoms with Gasteiger partial charge in [0.1, 0.15) is 5.75 Å². The lowest BCUT2D eigenvalue weighted by atomic mass is 10.1. The van der Waals surface area contributed by atoms with Crippen LogP contribution >= 0.6 is 11.6 Å². The SMILES string of the molecule is Cc1ncc(-c2ccc(Cl)c(OC(F)F)c2)nc1CN. The van der Waals surface area contributed by atoms with E-state index in [-0.39, 0.29) is 17.3 Å². The summed E-state index contributed by atoms with van der Waals surface area (Å²) in [7, 11) is 0. The Hall–Kier alpha value is -1.79. The summed E-state index contributed by atoms with van der Waals surface area (Å²) in [5, 5.41) is 0.105. The van der Waals surface area contributed by atoms with Crippen LogP contribution in [0.4, 0.5) is 8.78 Å². The van der Waals surface area contributed by atoms with Gasteiger partial charge in [-0.25, -0.2) is 4.98 Å². The molecular formula is C13H12ClF2N3O. The van der Waals surface area contributed by atoms with Gasteiger partial charge >= 0.3 is 6.61 Å². The molecule has 2 N–H and O–H groups in total. The third-order valence-corrected chi connectivity index (χ3v) is 3.00. The fraction of sp³-hybridized carbons (Fsp3) is 0.231. The van der Waals surface area contributed by atoms with E-state index in [0.29, 0.717) is 17.0 Å². The van der Waals surface area contributed by atoms with Gasteiger partial charge in [-0.3, -0.25) is 4.98 Å². The quantitative estimate of drug-likeness (QED) is 0.942. The molecule has 1 aromatic heterocycles. The summed E-state index contributed by atoms with van der Waals surface area (Å²) in [6.07, 6.45) is 1.55. The fourth-order valence-corrected chi connectivity index (χ4v) is 1.83. The summed E-state index contributed by atoms with van der Waals surface area (Å²) < 4.78 is 28.9. The Bertz CT molecular complexity index is 623. The first kappa shape index (κ1) is 14.6. The van der Waals surface area contributed by atoms with Crippen LogP contribution in [0.2, 0.25) is 5.02 Å². The molecule has 0 amide bonds. The van der Waals surface area contributed by atoms with Crippen LogP contribution < -0.4 is 10.5 Å². The highest BCUT2D eigenvalue weighted by atomic mass is 35.5. The Morgan fingerprint density at radius 1 is 1.40 bits per heavy atom. The lowest BCUT2D eigenvalue weighted by molar-refractivity contribution is -0.0497. The molecule has 7 heteroatoms. The van der Waals surface area contributed by atoms with Crippen molar-refractivity contribution in [3.63, 3.8) is 0 Å². The molecule has 0 aliphatic rings. The number of aromatic nitrogens is 2. The van der Waals surface area contributed by atoms with Crippen LogP contribution in [0.15, 0.2) is 24.4 Å². The predicted octanol–water partition coefficient (Wildman–Crippen LogP) is 3.17. The molecule has 1 aromatic carbocycles. The minimum Gasteiger partial charge on any atom is -0.433 e. The van der Waals surface area contributed by atoms with Crippen LogP contribution in [0.1, 0.15) is 11.4 Å². The standard InChI is InChI=1S/C13H12ClF2N3O/c1-7-10(5-17)19-11(6-18-7)8-2-3-9(14)12(4-8)20-13(15)16/h2-4,6,13H,5,17H2,1H3. The highest BCUT2D eigenvalue weighted by Crippen LogP contribution is 2.31. The van der Waals surface area contributed by atoms with Gasteiger partial charge in [0.2, 0.25) is 0 Å². The van der Waals surface area contributed by atoms with E-state index in [9.17, 15) is 8.78 Å². The first-order chi connectivity index (χ1) is 9.51. The van der Waals surface area contributed by atoms with Gasteiger partial charge in [-0.15, -0.1) is 0 Å². The molecule has 2 aromatic rings. The molecule has 0 bridgehead atoms. The number of benzene rings is 1. The number of ether oxygens (including phenoxy) is 1. The summed E-state index contributed by atoms with van der Waals surface area (Å²) in [6, 6.07) is 4.52. The monoisotopic (exact) mass is 299 g/mol. The summed E-state index contributed by atoms with van der Waals surface area (Å²) in [6.45, 7) is -0.890. The normalized spacial score (nSPS) is 10.9. The van der Waals surface area contributed by atoms with Gasteiger partial charge in [0.25, 0.3) is 0 Å². The second-order valence-electron chi connectivity index (χ2n) is 4.02. The van der Waals surface area contributed by atoms with Crippen molar-refractivity contribution < 1.29 is 13.5 Å². The van der Waals surface area contributed by atoms with Crippen LogP contribution in [0.25, 0.3) is 11.3 Å². The van der Waals surface area contributed by atoms with E-state index < -0.39 is 6.61 Å². The maximum Gasteiger partial charge on any atom is 0.387 e. The number of nitrogens with zero attached hydrogens (tertiary/aromatic N) is 2. The Kier molecular flexibility index (Phi) is 4.46. The maximum atomic E-state index is 12.3. The van der Waals surface area contributed by atoms with Crippen molar-refractivity contribution >= 4 is 11.6 Å². The lowest BCUT2D eigenvalue weighted by Gasteiger charge is -2.10. The zero-order valence-corrected chi connectivity index (χ0v) is 11.4. The van der Waals surface area contributed by atoms with Gasteiger partial charge < -0.3 is 10.5 Å². The van der Waals surface area contributed by atoms with Crippen molar-refractivity contribution in [3.05, 3.63) is 40.8 Å². The first-order valence-corrected chi connectivity index (χ1v) is 6.16. The minimum atomic E-state index is -2.94. The molecule has 0 unspecified atom stereocenters. The maximum absolute atomic E-state index is 12.3. The first-order valence-electron chi connectivity index (χ1n) is 5.78. The van der Waals surface area contributed by atoms with Gasteiger partial charge in [0.15, 0.2) is 0 Å². The molecule has 106 valence electrons. The van der Waals surface area contributed by atoms with Crippen LogP contribution in [-0.4, -0.2) is 16.6 Å². The van der Waals surface area contributed by atoms with Crippen LogP contribution in [-0.2, 0) is 6.54 Å². The lowest BCUT2D eigenvalue weighted by Crippen LogP contribution is -2.05. The molecule has 0 saturated carbocycles. The fourth-order valence-electron chi connectivity index (χ4n) is 1.67. The second-order valence-corrected chi connectivity index (χ2v) is 4.42. The van der Waals surface area contributed by atoms with E-state index in [0.717, 1.165) is 5.69 Å². The van der Waals surface area contributed by atoms with Gasteiger partial charge in [-0.05, 0) is 19.1 Å². The van der Waals surface area contributed by atoms with E-state index in [2.05, 4.69) is 14.7 Å². The van der Waals surface area contributed by atoms with E-state index in [4.69, 9.17) is 17.3 Å². The van der Waals surface area contributed by atoms with Gasteiger partial charge in [-0.2, -0.15) is 8.78 Å². The molecular weight excluding hydrogens is 288 g/mol. The van der Waals surface area contributed by atoms with Crippen LogP contribution in [0.5, 0.6) is 5.75 Å². The van der Waals surface area contributed by atoms with E-state index in [1.165, 1.54) is 12.1 Å². The molecule has 0 saturated heterocycles. The minimum absolute atomic E-state index is 0.101. The van der Waals surface area contributed by atoms with Crippen LogP contribution in [0, 0.1) is 6.92 Å². The predicted molar refractivity (Wildman–Crippen MR) is 71.7 cm³/mol. The number of nitrogens with two attached hydrogens (primary N) is 1. The van der Waals surface area contributed by atoms with E-state index in [1.807, 2.05) is 0 Å². The number of aryl methyl sites for hydroxylation is 1. The Morgan fingerprint density at radius 3 is 2.80 bits per heavy atom. The highest BCUT2D eigenvalue weighted by molar-refractivity contribution is 6.32. The van der Waals surface area contributed by atoms with Gasteiger partial charge in [0, 0.05) is 12.1 Å². The summed E-state index contributed by atoms with van der Waals surface area (Å²) in [5.41, 5.74) is 8.04. The number of rotatable bonds is 4. The van der Waals surface area contributed by atoms with Gasteiger partial charge in [-0.1, -0.05) is 17.7 Å². The molecule has 0 aliphatic heterocycles. The zero-order valence-electron chi connectivity index (χ0n) is 10.6. The Morgan fingerprint density at radius 2 is 2.15 bits per heavy atom. The average molecular weight is 300 g/mol. The van der Waals surface area contributed by atoms with Crippen molar-refractivity contribution in [2.24, 2.45) is 5.73 Å². The van der Waals surface area contributed by atoms with E-state index in [1.54, 1.807) is 19.2 Å². The summed E-state index contributed by atoms with van der Waals surface area (Å²) >= 11 is 5.80. The number of hydrogen-bond donors (Lipinski definition) is 1. The van der Waals surface area contributed by atoms with Gasteiger partial charge in [0.05, 0.1) is 28.3 Å². The molecule has 4 nitrogen and oxygen atoms in total. The molecule has 1 heterocycles. The second kappa shape index (κ2) is 6.11. The third kappa shape index (κ3) is 3.20. The highest BCUT2D eigenvalue weighted by Gasteiger charge is 2.12. The van der Waals surface area contributed by atoms with Crippen LogP contribution in [0.3, 0.4) is 0 Å². The third-order valence-electron chi connectivity index (χ3n) is 2.69. The van der Waals surface area contributed by atoms with Crippen molar-refractivity contribution in [1.29, 1.82) is 0 Å². The molecule has 0 fully saturated rings. The summed E-state index contributed by atoms with van der Waals surface area (Å²) in [4.78, 5) is 8.51. The Labute approximate surface area is 119 Å². The summed E-state index contributed by atoms with van der Waals surface area (Å²) in [5.74, 6) is -0.101. The molecule has 0 spiro atoms. The largest absolute Gasteiger partial charge is 0.433 e. The zero-order chi connectivity index (χ0) is 14.7. The smallest absolute Gasteiger partial charge is 0.387 e. The molecule has 20 heavy (non-hydrogen) atoms. The molecule has 2 rings (SSSR count). The number of hydrogen-bond acceptors (Lipinski definition) is 4. The van der Waals surface area contributed by atoms with Crippen molar-refractivity contribution in [3.8, 4) is 17.0 Å². The van der Waals surface area contributed by atoms with Crippen molar-refractivity contribution in [2.45, 2.75) is 20.1 Å². The average Bonchev–Trinajstić information content (AvgIpc) is 2.41. The van der Waals surface area contributed by atoms with Crippen molar-refractivity contribution in [2.75, 3.05) is 0 Å². The molecule has 0 radical (unpaired) electrons. The topological polar surface area (TPSA) is 61.0 Å². The van der Waals surface area contributed by atoms with E-state index >= 15 is 0 Å². The Balaban J connectivity index is 2.42. The number of halogens is 3. The molecule has 0 atom stereocenters. The molecule has 0 aliphatic carbocycles.